The molecule has 21 heavy (non-hydrogen) atoms. The molecule has 6 heteroatoms. The van der Waals surface area contributed by atoms with E-state index in [0.29, 0.717) is 23.9 Å². The van der Waals surface area contributed by atoms with Crippen molar-refractivity contribution < 1.29 is 14.3 Å². The number of carbonyl (C=O) groups excluding carboxylic acids is 2. The summed E-state index contributed by atoms with van der Waals surface area (Å²) in [5.74, 6) is -0.486. The Labute approximate surface area is 130 Å². The summed E-state index contributed by atoms with van der Waals surface area (Å²) in [4.78, 5) is 25.2. The second kappa shape index (κ2) is 9.37. The van der Waals surface area contributed by atoms with E-state index in [1.54, 1.807) is 36.1 Å². The number of anilines is 1. The molecule has 116 valence electrons. The lowest BCUT2D eigenvalue weighted by Gasteiger charge is -2.20. The molecule has 0 saturated heterocycles. The van der Waals surface area contributed by atoms with Crippen LogP contribution in [0.2, 0.25) is 5.02 Å². The highest BCUT2D eigenvalue weighted by Crippen LogP contribution is 2.13. The van der Waals surface area contributed by atoms with Crippen LogP contribution in [0.1, 0.15) is 20.3 Å². The van der Waals surface area contributed by atoms with Gasteiger partial charge in [-0.2, -0.15) is 0 Å². The van der Waals surface area contributed by atoms with Gasteiger partial charge in [0.2, 0.25) is 5.91 Å². The first-order valence-corrected chi connectivity index (χ1v) is 7.36. The Morgan fingerprint density at radius 2 is 1.86 bits per heavy atom. The van der Waals surface area contributed by atoms with Gasteiger partial charge in [-0.15, -0.1) is 0 Å². The summed E-state index contributed by atoms with van der Waals surface area (Å²) in [6.07, 6.45) is 0.855. The van der Waals surface area contributed by atoms with Crippen molar-refractivity contribution >= 4 is 29.2 Å². The molecule has 0 heterocycles. The zero-order valence-electron chi connectivity index (χ0n) is 12.4. The fraction of sp³-hybridized carbons (Fsp3) is 0.467. The molecule has 1 rings (SSSR count). The van der Waals surface area contributed by atoms with Crippen LogP contribution in [0.4, 0.5) is 5.69 Å². The van der Waals surface area contributed by atoms with E-state index in [4.69, 9.17) is 16.3 Å². The molecule has 0 atom stereocenters. The number of ether oxygens (including phenoxy) is 1. The first kappa shape index (κ1) is 17.5. The number of nitrogens with one attached hydrogen (secondary N) is 1. The van der Waals surface area contributed by atoms with Gasteiger partial charge < -0.3 is 10.1 Å². The summed E-state index contributed by atoms with van der Waals surface area (Å²) in [7, 11) is 0. The van der Waals surface area contributed by atoms with E-state index >= 15 is 0 Å². The molecule has 0 spiro atoms. The molecule has 1 N–H and O–H groups in total. The molecule has 0 saturated carbocycles. The molecular weight excluding hydrogens is 292 g/mol. The Bertz CT molecular complexity index is 462. The molecule has 1 amide bonds. The number of hydrogen-bond acceptors (Lipinski definition) is 4. The molecular formula is C15H21ClN2O3. The highest BCUT2D eigenvalue weighted by molar-refractivity contribution is 6.30. The minimum absolute atomic E-state index is 0.121. The highest BCUT2D eigenvalue weighted by atomic mass is 35.5. The number of esters is 1. The van der Waals surface area contributed by atoms with Crippen LogP contribution in [0.3, 0.4) is 0 Å². The SMILES string of the molecule is CCCN(CC(=O)Nc1ccc(Cl)cc1)CC(=O)OCC. The van der Waals surface area contributed by atoms with Crippen molar-refractivity contribution in [2.24, 2.45) is 0 Å². The van der Waals surface area contributed by atoms with Gasteiger partial charge in [0.1, 0.15) is 0 Å². The van der Waals surface area contributed by atoms with Crippen molar-refractivity contribution in [2.45, 2.75) is 20.3 Å². The van der Waals surface area contributed by atoms with Gasteiger partial charge in [-0.05, 0) is 44.2 Å². The van der Waals surface area contributed by atoms with Gasteiger partial charge in [0.15, 0.2) is 0 Å². The molecule has 5 nitrogen and oxygen atoms in total. The smallest absolute Gasteiger partial charge is 0.320 e. The number of hydrogen-bond donors (Lipinski definition) is 1. The lowest BCUT2D eigenvalue weighted by atomic mass is 10.3. The zero-order chi connectivity index (χ0) is 15.7. The van der Waals surface area contributed by atoms with Crippen LogP contribution in [-0.4, -0.2) is 43.0 Å². The predicted molar refractivity (Wildman–Crippen MR) is 83.4 cm³/mol. The third-order valence-electron chi connectivity index (χ3n) is 2.69. The van der Waals surface area contributed by atoms with Crippen molar-refractivity contribution in [1.29, 1.82) is 0 Å². The molecule has 0 unspecified atom stereocenters. The van der Waals surface area contributed by atoms with Gasteiger partial charge in [-0.3, -0.25) is 14.5 Å². The van der Waals surface area contributed by atoms with E-state index in [2.05, 4.69) is 5.32 Å². The number of amides is 1. The lowest BCUT2D eigenvalue weighted by Crippen LogP contribution is -2.38. The van der Waals surface area contributed by atoms with Crippen molar-refractivity contribution in [2.75, 3.05) is 31.6 Å². The van der Waals surface area contributed by atoms with Gasteiger partial charge in [0.05, 0.1) is 19.7 Å². The zero-order valence-corrected chi connectivity index (χ0v) is 13.2. The van der Waals surface area contributed by atoms with Crippen LogP contribution in [0.5, 0.6) is 0 Å². The molecule has 1 aromatic rings. The van der Waals surface area contributed by atoms with Gasteiger partial charge in [-0.1, -0.05) is 18.5 Å². The van der Waals surface area contributed by atoms with E-state index in [9.17, 15) is 9.59 Å². The summed E-state index contributed by atoms with van der Waals surface area (Å²) in [6.45, 7) is 5.03. The lowest BCUT2D eigenvalue weighted by molar-refractivity contribution is -0.144. The van der Waals surface area contributed by atoms with Crippen LogP contribution in [-0.2, 0) is 14.3 Å². The van der Waals surface area contributed by atoms with Crippen molar-refractivity contribution in [3.63, 3.8) is 0 Å². The average Bonchev–Trinajstić information content (AvgIpc) is 2.41. The summed E-state index contributed by atoms with van der Waals surface area (Å²) < 4.78 is 4.90. The fourth-order valence-corrected chi connectivity index (χ4v) is 1.98. The van der Waals surface area contributed by atoms with Gasteiger partial charge >= 0.3 is 5.97 Å². The first-order chi connectivity index (χ1) is 10.0. The minimum Gasteiger partial charge on any atom is -0.465 e. The molecule has 0 radical (unpaired) electrons. The van der Waals surface area contributed by atoms with Crippen molar-refractivity contribution in [3.8, 4) is 0 Å². The molecule has 0 aliphatic rings. The summed E-state index contributed by atoms with van der Waals surface area (Å²) in [5, 5.41) is 3.39. The third kappa shape index (κ3) is 7.11. The normalized spacial score (nSPS) is 10.5. The van der Waals surface area contributed by atoms with E-state index in [1.807, 2.05) is 6.92 Å². The molecule has 0 aliphatic carbocycles. The first-order valence-electron chi connectivity index (χ1n) is 6.98. The summed E-state index contributed by atoms with van der Waals surface area (Å²) >= 11 is 5.79. The maximum Gasteiger partial charge on any atom is 0.320 e. The Morgan fingerprint density at radius 1 is 1.19 bits per heavy atom. The topological polar surface area (TPSA) is 58.6 Å². The van der Waals surface area contributed by atoms with Crippen LogP contribution in [0.15, 0.2) is 24.3 Å². The van der Waals surface area contributed by atoms with Crippen molar-refractivity contribution in [3.05, 3.63) is 29.3 Å². The second-order valence-corrected chi connectivity index (χ2v) is 5.01. The highest BCUT2D eigenvalue weighted by Gasteiger charge is 2.14. The van der Waals surface area contributed by atoms with Crippen molar-refractivity contribution in [1.82, 2.24) is 4.90 Å². The van der Waals surface area contributed by atoms with E-state index in [-0.39, 0.29) is 25.0 Å². The van der Waals surface area contributed by atoms with Gasteiger partial charge in [0.25, 0.3) is 0 Å². The third-order valence-corrected chi connectivity index (χ3v) is 2.95. The van der Waals surface area contributed by atoms with Crippen LogP contribution >= 0.6 is 11.6 Å². The number of nitrogens with zero attached hydrogens (tertiary/aromatic N) is 1. The summed E-state index contributed by atoms with van der Waals surface area (Å²) in [5.41, 5.74) is 0.678. The predicted octanol–water partition coefficient (Wildman–Crippen LogP) is 2.55. The summed E-state index contributed by atoms with van der Waals surface area (Å²) in [6, 6.07) is 6.88. The largest absolute Gasteiger partial charge is 0.465 e. The van der Waals surface area contributed by atoms with E-state index in [1.165, 1.54) is 0 Å². The van der Waals surface area contributed by atoms with Crippen LogP contribution in [0.25, 0.3) is 0 Å². The maximum absolute atomic E-state index is 12.0. The van der Waals surface area contributed by atoms with Crippen LogP contribution in [0, 0.1) is 0 Å². The number of halogens is 1. The molecule has 0 aliphatic heterocycles. The molecule has 1 aromatic carbocycles. The quantitative estimate of drug-likeness (QED) is 0.750. The molecule has 0 bridgehead atoms. The van der Waals surface area contributed by atoms with Crippen LogP contribution < -0.4 is 5.32 Å². The Balaban J connectivity index is 2.51. The minimum atomic E-state index is -0.315. The number of benzene rings is 1. The average molecular weight is 313 g/mol. The maximum atomic E-state index is 12.0. The Hall–Kier alpha value is -1.59. The van der Waals surface area contributed by atoms with Gasteiger partial charge in [0, 0.05) is 10.7 Å². The molecule has 0 aromatic heterocycles. The molecule has 0 fully saturated rings. The van der Waals surface area contributed by atoms with E-state index < -0.39 is 0 Å². The number of rotatable bonds is 8. The monoisotopic (exact) mass is 312 g/mol. The Kier molecular flexibility index (Phi) is 7.79. The number of carbonyl (C=O) groups is 2. The van der Waals surface area contributed by atoms with E-state index in [0.717, 1.165) is 6.42 Å². The fourth-order valence-electron chi connectivity index (χ4n) is 1.86. The Morgan fingerprint density at radius 3 is 2.43 bits per heavy atom. The second-order valence-electron chi connectivity index (χ2n) is 4.57. The standard InChI is InChI=1S/C15H21ClN2O3/c1-3-9-18(11-15(20)21-4-2)10-14(19)17-13-7-5-12(16)6-8-13/h5-8H,3-4,9-11H2,1-2H3,(H,17,19). The van der Waals surface area contributed by atoms with Gasteiger partial charge in [-0.25, -0.2) is 0 Å².